The van der Waals surface area contributed by atoms with E-state index in [1.54, 1.807) is 17.3 Å². The summed E-state index contributed by atoms with van der Waals surface area (Å²) >= 11 is 0. The molecule has 0 radical (unpaired) electrons. The van der Waals surface area contributed by atoms with E-state index >= 15 is 0 Å². The molecule has 2 fully saturated rings. The summed E-state index contributed by atoms with van der Waals surface area (Å²) in [5, 5.41) is 13.0. The monoisotopic (exact) mass is 560 g/mol. The molecule has 0 bridgehead atoms. The van der Waals surface area contributed by atoms with Crippen LogP contribution in [0.1, 0.15) is 29.5 Å². The first-order valence-electron chi connectivity index (χ1n) is 14.4. The molecule has 3 aliphatic rings. The minimum absolute atomic E-state index is 0.0503. The van der Waals surface area contributed by atoms with Crippen LogP contribution in [-0.4, -0.2) is 106 Å². The number of fused-ring (bicyclic) bond motifs is 1. The maximum atomic E-state index is 13.7. The normalized spacial score (nSPS) is 18.7. The van der Waals surface area contributed by atoms with Crippen LogP contribution >= 0.6 is 0 Å². The predicted molar refractivity (Wildman–Crippen MR) is 157 cm³/mol. The number of hydrogen-bond acceptors (Lipinski definition) is 5. The van der Waals surface area contributed by atoms with Gasteiger partial charge in [-0.15, -0.1) is 0 Å². The number of carbonyl (C=O) groups is 3. The summed E-state index contributed by atoms with van der Waals surface area (Å²) in [7, 11) is 2.05. The lowest BCUT2D eigenvalue weighted by Crippen LogP contribution is -2.58. The van der Waals surface area contributed by atoms with Crippen molar-refractivity contribution in [2.75, 3.05) is 51.6 Å². The number of hydrogen-bond donors (Lipinski definition) is 3. The number of likely N-dealkylation sites (N-methyl/N-ethyl adjacent to an activating group) is 1. The number of aromatic amines is 1. The average Bonchev–Trinajstić information content (AvgIpc) is 3.08. The highest BCUT2D eigenvalue weighted by Crippen LogP contribution is 2.27. The summed E-state index contributed by atoms with van der Waals surface area (Å²) in [6.07, 6.45) is 5.19. The molecule has 4 heterocycles. The zero-order valence-electron chi connectivity index (χ0n) is 23.9. The SMILES string of the molecule is Cc1c[nH]ncccc(CC(NC(=O)N2CCC(N3Cc4ccccc4NC3=O)CC2)C(=O)N2CCN(C)CC2)c1. The summed E-state index contributed by atoms with van der Waals surface area (Å²) in [5.41, 5.74) is 3.85. The minimum Gasteiger partial charge on any atom is -0.338 e. The van der Waals surface area contributed by atoms with Crippen molar-refractivity contribution in [1.29, 1.82) is 0 Å². The number of piperidine rings is 1. The van der Waals surface area contributed by atoms with Crippen molar-refractivity contribution in [1.82, 2.24) is 35.1 Å². The lowest BCUT2D eigenvalue weighted by Gasteiger charge is -2.41. The first-order valence-corrected chi connectivity index (χ1v) is 14.4. The number of nitrogens with one attached hydrogen (secondary N) is 3. The van der Waals surface area contributed by atoms with Crippen molar-refractivity contribution in [3.63, 3.8) is 0 Å². The Balaban J connectivity index is 1.25. The second-order valence-corrected chi connectivity index (χ2v) is 11.1. The highest BCUT2D eigenvalue weighted by atomic mass is 16.2. The van der Waals surface area contributed by atoms with Gasteiger partial charge in [-0.05, 0) is 55.6 Å². The molecule has 3 aliphatic heterocycles. The van der Waals surface area contributed by atoms with Gasteiger partial charge in [0, 0.05) is 76.4 Å². The fourth-order valence-corrected chi connectivity index (χ4v) is 5.72. The molecule has 1 aromatic heterocycles. The molecule has 0 spiro atoms. The topological polar surface area (TPSA) is 117 Å². The number of likely N-dealkylation sites (tertiary alicyclic amines) is 1. The van der Waals surface area contributed by atoms with Crippen LogP contribution in [0, 0.1) is 6.92 Å². The van der Waals surface area contributed by atoms with Crippen LogP contribution < -0.4 is 10.6 Å². The van der Waals surface area contributed by atoms with E-state index in [1.165, 1.54) is 0 Å². The van der Waals surface area contributed by atoms with Crippen molar-refractivity contribution in [2.24, 2.45) is 0 Å². The molecule has 1 aromatic carbocycles. The Kier molecular flexibility index (Phi) is 9.03. The number of carbonyl (C=O) groups excluding carboxylic acids is 3. The molecule has 5 rings (SSSR count). The molecule has 2 aromatic rings. The molecular formula is C30H40N8O3. The zero-order valence-corrected chi connectivity index (χ0v) is 23.9. The number of benzene rings is 1. The van der Waals surface area contributed by atoms with Gasteiger partial charge < -0.3 is 30.2 Å². The van der Waals surface area contributed by atoms with Crippen molar-refractivity contribution in [3.05, 3.63) is 71.5 Å². The van der Waals surface area contributed by atoms with E-state index in [-0.39, 0.29) is 24.0 Å². The van der Waals surface area contributed by atoms with Crippen LogP contribution in [0.25, 0.3) is 0 Å². The van der Waals surface area contributed by atoms with Crippen LogP contribution in [0.15, 0.2) is 54.9 Å². The van der Waals surface area contributed by atoms with Crippen molar-refractivity contribution >= 4 is 23.7 Å². The molecule has 0 aliphatic carbocycles. The van der Waals surface area contributed by atoms with Gasteiger partial charge in [0.05, 0.1) is 0 Å². The molecule has 11 nitrogen and oxygen atoms in total. The van der Waals surface area contributed by atoms with Crippen molar-refractivity contribution in [3.8, 4) is 0 Å². The third-order valence-corrected chi connectivity index (χ3v) is 8.15. The third-order valence-electron chi connectivity index (χ3n) is 8.15. The number of rotatable bonds is 5. The van der Waals surface area contributed by atoms with Crippen LogP contribution in [0.3, 0.4) is 0 Å². The Bertz CT molecular complexity index is 1300. The maximum Gasteiger partial charge on any atom is 0.322 e. The molecule has 1 unspecified atom stereocenters. The summed E-state index contributed by atoms with van der Waals surface area (Å²) in [6.45, 7) is 6.45. The molecule has 2 saturated heterocycles. The van der Waals surface area contributed by atoms with Gasteiger partial charge in [-0.2, -0.15) is 5.10 Å². The predicted octanol–water partition coefficient (Wildman–Crippen LogP) is 2.75. The van der Waals surface area contributed by atoms with Crippen LogP contribution in [0.4, 0.5) is 15.3 Å². The average molecular weight is 561 g/mol. The highest BCUT2D eigenvalue weighted by molar-refractivity contribution is 5.92. The van der Waals surface area contributed by atoms with E-state index in [0.717, 1.165) is 35.5 Å². The van der Waals surface area contributed by atoms with Gasteiger partial charge in [0.1, 0.15) is 6.04 Å². The molecular weight excluding hydrogens is 520 g/mol. The number of aromatic nitrogens is 2. The van der Waals surface area contributed by atoms with Crippen molar-refractivity contribution < 1.29 is 14.4 Å². The Morgan fingerprint density at radius 2 is 1.78 bits per heavy atom. The van der Waals surface area contributed by atoms with E-state index in [2.05, 4.69) is 32.8 Å². The second kappa shape index (κ2) is 13.0. The van der Waals surface area contributed by atoms with Crippen LogP contribution in [-0.2, 0) is 17.8 Å². The fraction of sp³-hybridized carbons (Fsp3) is 0.467. The quantitative estimate of drug-likeness (QED) is 0.520. The Morgan fingerprint density at radius 3 is 2.56 bits per heavy atom. The number of aryl methyl sites for hydroxylation is 1. The van der Waals surface area contributed by atoms with E-state index in [0.29, 0.717) is 52.0 Å². The second-order valence-electron chi connectivity index (χ2n) is 11.1. The number of H-pyrrole nitrogens is 1. The molecule has 0 saturated carbocycles. The Morgan fingerprint density at radius 1 is 1.02 bits per heavy atom. The molecule has 3 N–H and O–H groups in total. The van der Waals surface area contributed by atoms with Gasteiger partial charge in [0.15, 0.2) is 0 Å². The first kappa shape index (κ1) is 28.4. The summed E-state index contributed by atoms with van der Waals surface area (Å²) in [6, 6.07) is 12.6. The Labute approximate surface area is 241 Å². The number of nitrogens with zero attached hydrogens (tertiary/aromatic N) is 5. The van der Waals surface area contributed by atoms with Crippen molar-refractivity contribution in [2.45, 2.75) is 44.8 Å². The maximum absolute atomic E-state index is 13.7. The van der Waals surface area contributed by atoms with Gasteiger partial charge in [-0.25, -0.2) is 9.59 Å². The van der Waals surface area contributed by atoms with Gasteiger partial charge in [-0.3, -0.25) is 9.89 Å². The first-order chi connectivity index (χ1) is 19.9. The van der Waals surface area contributed by atoms with Gasteiger partial charge >= 0.3 is 12.1 Å². The molecule has 218 valence electrons. The minimum atomic E-state index is -0.692. The standard InChI is InChI=1S/C30H40N8O3/c1-22-18-23(6-5-11-31-32-20-22)19-27(28(39)36-16-14-35(2)15-17-36)34-29(40)37-12-9-25(10-13-37)38-21-24-7-3-4-8-26(24)33-30(38)41/h3-8,11,18,20,25,27,32H,9-10,12-17,19,21H2,1-2H3,(H,33,41)(H,34,40). The molecule has 11 heteroatoms. The van der Waals surface area contributed by atoms with Gasteiger partial charge in [0.2, 0.25) is 5.91 Å². The van der Waals surface area contributed by atoms with Gasteiger partial charge in [-0.1, -0.05) is 30.3 Å². The number of amides is 5. The van der Waals surface area contributed by atoms with E-state index in [1.807, 2.05) is 59.2 Å². The number of urea groups is 2. The summed E-state index contributed by atoms with van der Waals surface area (Å²) in [5.74, 6) is -0.0624. The zero-order chi connectivity index (χ0) is 28.8. The van der Waals surface area contributed by atoms with E-state index < -0.39 is 6.04 Å². The largest absolute Gasteiger partial charge is 0.338 e. The third kappa shape index (κ3) is 7.15. The molecule has 5 amide bonds. The van der Waals surface area contributed by atoms with Gasteiger partial charge in [0.25, 0.3) is 0 Å². The smallest absolute Gasteiger partial charge is 0.322 e. The van der Waals surface area contributed by atoms with E-state index in [4.69, 9.17) is 0 Å². The molecule has 1 atom stereocenters. The Hall–Kier alpha value is -4.12. The number of anilines is 1. The number of para-hydroxylation sites is 1. The highest BCUT2D eigenvalue weighted by Gasteiger charge is 2.34. The summed E-state index contributed by atoms with van der Waals surface area (Å²) in [4.78, 5) is 47.7. The van der Waals surface area contributed by atoms with Crippen LogP contribution in [0.2, 0.25) is 0 Å². The van der Waals surface area contributed by atoms with E-state index in [9.17, 15) is 14.4 Å². The lowest BCUT2D eigenvalue weighted by molar-refractivity contribution is -0.134. The lowest BCUT2D eigenvalue weighted by atomic mass is 10.0. The number of piperazine rings is 1. The molecule has 41 heavy (non-hydrogen) atoms. The fourth-order valence-electron chi connectivity index (χ4n) is 5.72. The summed E-state index contributed by atoms with van der Waals surface area (Å²) < 4.78 is 0. The van der Waals surface area contributed by atoms with Crippen LogP contribution in [0.5, 0.6) is 0 Å².